The highest BCUT2D eigenvalue weighted by Crippen LogP contribution is 2.23. The van der Waals surface area contributed by atoms with E-state index in [0.29, 0.717) is 5.56 Å². The van der Waals surface area contributed by atoms with Crippen molar-refractivity contribution in [3.63, 3.8) is 0 Å². The molecular formula is C16H21N3O3. The van der Waals surface area contributed by atoms with Gasteiger partial charge in [-0.05, 0) is 25.0 Å². The molecule has 0 unspecified atom stereocenters. The van der Waals surface area contributed by atoms with Gasteiger partial charge in [-0.25, -0.2) is 5.43 Å². The van der Waals surface area contributed by atoms with Crippen molar-refractivity contribution in [1.29, 1.82) is 0 Å². The van der Waals surface area contributed by atoms with Crippen LogP contribution in [0.5, 0.6) is 5.75 Å². The number of phenolic OH excluding ortho intramolecular Hbond substituents is 1. The topological polar surface area (TPSA) is 90.8 Å². The molecule has 1 aromatic carbocycles. The fraction of sp³-hybridized carbons (Fsp3) is 0.438. The van der Waals surface area contributed by atoms with Crippen molar-refractivity contribution in [2.75, 3.05) is 6.54 Å². The standard InChI is InChI=1S/C16H21N3O3/c20-14-9-5-4-8-13(14)10-18-19-15(21)11-17-16(22)12-6-2-1-3-7-12/h4-5,8-10,12,20H,1-3,6-7,11H2,(H,17,22)(H,19,21). The fourth-order valence-electron chi connectivity index (χ4n) is 2.49. The Morgan fingerprint density at radius 2 is 1.95 bits per heavy atom. The van der Waals surface area contributed by atoms with E-state index in [1.807, 2.05) is 0 Å². The van der Waals surface area contributed by atoms with Crippen LogP contribution >= 0.6 is 0 Å². The first-order valence-electron chi connectivity index (χ1n) is 7.54. The van der Waals surface area contributed by atoms with Crippen LogP contribution in [-0.4, -0.2) is 29.7 Å². The van der Waals surface area contributed by atoms with Gasteiger partial charge in [-0.3, -0.25) is 9.59 Å². The lowest BCUT2D eigenvalue weighted by Crippen LogP contribution is -2.38. The number of phenols is 1. The van der Waals surface area contributed by atoms with Gasteiger partial charge in [-0.2, -0.15) is 5.10 Å². The van der Waals surface area contributed by atoms with Crippen LogP contribution in [0.3, 0.4) is 0 Å². The van der Waals surface area contributed by atoms with Gasteiger partial charge in [0.1, 0.15) is 5.75 Å². The Morgan fingerprint density at radius 3 is 2.68 bits per heavy atom. The van der Waals surface area contributed by atoms with E-state index >= 15 is 0 Å². The first kappa shape index (κ1) is 16.0. The molecule has 0 radical (unpaired) electrons. The lowest BCUT2D eigenvalue weighted by atomic mass is 9.89. The van der Waals surface area contributed by atoms with Gasteiger partial charge in [0.25, 0.3) is 5.91 Å². The highest BCUT2D eigenvalue weighted by atomic mass is 16.3. The lowest BCUT2D eigenvalue weighted by molar-refractivity contribution is -0.129. The normalized spacial score (nSPS) is 15.6. The minimum atomic E-state index is -0.393. The van der Waals surface area contributed by atoms with Gasteiger partial charge >= 0.3 is 0 Å². The van der Waals surface area contributed by atoms with Crippen LogP contribution in [0, 0.1) is 5.92 Å². The molecule has 6 nitrogen and oxygen atoms in total. The molecule has 0 bridgehead atoms. The van der Waals surface area contributed by atoms with E-state index < -0.39 is 5.91 Å². The van der Waals surface area contributed by atoms with Crippen molar-refractivity contribution in [3.05, 3.63) is 29.8 Å². The Kier molecular flexibility index (Phi) is 5.94. The number of carbonyl (C=O) groups excluding carboxylic acids is 2. The van der Waals surface area contributed by atoms with Gasteiger partial charge in [-0.15, -0.1) is 0 Å². The SMILES string of the molecule is O=C(CNC(=O)C1CCCCC1)NN=Cc1ccccc1O. The Labute approximate surface area is 129 Å². The largest absolute Gasteiger partial charge is 0.507 e. The van der Waals surface area contributed by atoms with Gasteiger partial charge in [-0.1, -0.05) is 31.4 Å². The number of hydrogen-bond donors (Lipinski definition) is 3. The van der Waals surface area contributed by atoms with Crippen LogP contribution in [0.2, 0.25) is 0 Å². The van der Waals surface area contributed by atoms with Crippen molar-refractivity contribution in [3.8, 4) is 5.75 Å². The quantitative estimate of drug-likeness (QED) is 0.569. The third-order valence-corrected chi connectivity index (χ3v) is 3.73. The minimum absolute atomic E-state index is 0.0336. The second kappa shape index (κ2) is 8.17. The van der Waals surface area contributed by atoms with E-state index in [4.69, 9.17) is 0 Å². The number of nitrogens with zero attached hydrogens (tertiary/aromatic N) is 1. The van der Waals surface area contributed by atoms with E-state index in [9.17, 15) is 14.7 Å². The number of para-hydroxylation sites is 1. The number of rotatable bonds is 5. The molecule has 1 aliphatic rings. The molecule has 118 valence electrons. The molecule has 1 aromatic rings. The second-order valence-corrected chi connectivity index (χ2v) is 5.40. The van der Waals surface area contributed by atoms with E-state index in [-0.39, 0.29) is 24.1 Å². The van der Waals surface area contributed by atoms with Crippen LogP contribution < -0.4 is 10.7 Å². The molecular weight excluding hydrogens is 282 g/mol. The molecule has 0 aliphatic heterocycles. The van der Waals surface area contributed by atoms with Crippen molar-refractivity contribution in [2.45, 2.75) is 32.1 Å². The molecule has 1 saturated carbocycles. The maximum atomic E-state index is 11.9. The summed E-state index contributed by atoms with van der Waals surface area (Å²) >= 11 is 0. The highest BCUT2D eigenvalue weighted by Gasteiger charge is 2.21. The Balaban J connectivity index is 1.71. The van der Waals surface area contributed by atoms with Crippen LogP contribution in [-0.2, 0) is 9.59 Å². The third-order valence-electron chi connectivity index (χ3n) is 3.73. The Bertz CT molecular complexity index is 551. The van der Waals surface area contributed by atoms with E-state index in [1.54, 1.807) is 18.2 Å². The first-order chi connectivity index (χ1) is 10.7. The van der Waals surface area contributed by atoms with Crippen molar-refractivity contribution < 1.29 is 14.7 Å². The average Bonchev–Trinajstić information content (AvgIpc) is 2.55. The number of hydrazone groups is 1. The number of amides is 2. The summed E-state index contributed by atoms with van der Waals surface area (Å²) in [6.45, 7) is -0.0898. The van der Waals surface area contributed by atoms with Crippen molar-refractivity contribution in [1.82, 2.24) is 10.7 Å². The molecule has 2 rings (SSSR count). The van der Waals surface area contributed by atoms with Gasteiger partial charge in [0.05, 0.1) is 12.8 Å². The molecule has 0 heterocycles. The second-order valence-electron chi connectivity index (χ2n) is 5.40. The summed E-state index contributed by atoms with van der Waals surface area (Å²) in [5, 5.41) is 15.9. The van der Waals surface area contributed by atoms with Gasteiger partial charge in [0.15, 0.2) is 0 Å². The van der Waals surface area contributed by atoms with E-state index in [2.05, 4.69) is 15.8 Å². The van der Waals surface area contributed by atoms with Gasteiger partial charge < -0.3 is 10.4 Å². The summed E-state index contributed by atoms with van der Waals surface area (Å²) in [6, 6.07) is 6.67. The molecule has 22 heavy (non-hydrogen) atoms. The number of aromatic hydroxyl groups is 1. The van der Waals surface area contributed by atoms with Crippen LogP contribution in [0.25, 0.3) is 0 Å². The summed E-state index contributed by atoms with van der Waals surface area (Å²) in [7, 11) is 0. The third kappa shape index (κ3) is 4.87. The molecule has 6 heteroatoms. The summed E-state index contributed by atoms with van der Waals surface area (Å²) in [6.07, 6.45) is 6.50. The van der Waals surface area contributed by atoms with Crippen molar-refractivity contribution in [2.24, 2.45) is 11.0 Å². The molecule has 0 atom stereocenters. The van der Waals surface area contributed by atoms with Crippen LogP contribution in [0.4, 0.5) is 0 Å². The number of carbonyl (C=O) groups is 2. The highest BCUT2D eigenvalue weighted by molar-refractivity contribution is 5.87. The smallest absolute Gasteiger partial charge is 0.259 e. The summed E-state index contributed by atoms with van der Waals surface area (Å²) < 4.78 is 0. The van der Waals surface area contributed by atoms with Crippen molar-refractivity contribution >= 4 is 18.0 Å². The maximum Gasteiger partial charge on any atom is 0.259 e. The number of benzene rings is 1. The summed E-state index contributed by atoms with van der Waals surface area (Å²) in [5.41, 5.74) is 2.83. The van der Waals surface area contributed by atoms with Gasteiger partial charge in [0, 0.05) is 11.5 Å². The Morgan fingerprint density at radius 1 is 1.23 bits per heavy atom. The minimum Gasteiger partial charge on any atom is -0.507 e. The zero-order valence-corrected chi connectivity index (χ0v) is 12.4. The van der Waals surface area contributed by atoms with E-state index in [0.717, 1.165) is 25.7 Å². The molecule has 0 saturated heterocycles. The number of nitrogens with one attached hydrogen (secondary N) is 2. The molecule has 0 aromatic heterocycles. The molecule has 1 fully saturated rings. The molecule has 1 aliphatic carbocycles. The monoisotopic (exact) mass is 303 g/mol. The maximum absolute atomic E-state index is 11.9. The summed E-state index contributed by atoms with van der Waals surface area (Å²) in [4.78, 5) is 23.5. The fourth-order valence-corrected chi connectivity index (χ4v) is 2.49. The van der Waals surface area contributed by atoms with Gasteiger partial charge in [0.2, 0.25) is 5.91 Å². The lowest BCUT2D eigenvalue weighted by Gasteiger charge is -2.20. The number of hydrogen-bond acceptors (Lipinski definition) is 4. The predicted octanol–water partition coefficient (Wildman–Crippen LogP) is 1.54. The summed E-state index contributed by atoms with van der Waals surface area (Å²) in [5.74, 6) is -0.326. The average molecular weight is 303 g/mol. The Hall–Kier alpha value is -2.37. The van der Waals surface area contributed by atoms with Crippen LogP contribution in [0.1, 0.15) is 37.7 Å². The van der Waals surface area contributed by atoms with E-state index in [1.165, 1.54) is 18.7 Å². The molecule has 2 amide bonds. The molecule has 0 spiro atoms. The van der Waals surface area contributed by atoms with Crippen LogP contribution in [0.15, 0.2) is 29.4 Å². The first-order valence-corrected chi connectivity index (χ1v) is 7.54. The zero-order chi connectivity index (χ0) is 15.8. The zero-order valence-electron chi connectivity index (χ0n) is 12.4. The predicted molar refractivity (Wildman–Crippen MR) is 83.4 cm³/mol. The molecule has 3 N–H and O–H groups in total.